The van der Waals surface area contributed by atoms with Crippen molar-refractivity contribution in [2.75, 3.05) is 0 Å². The Morgan fingerprint density at radius 3 is 2.23 bits per heavy atom. The highest BCUT2D eigenvalue weighted by atomic mass is 35.5. The Morgan fingerprint density at radius 2 is 1.61 bits per heavy atom. The van der Waals surface area contributed by atoms with Crippen LogP contribution in [0.2, 0.25) is 5.02 Å². The van der Waals surface area contributed by atoms with Gasteiger partial charge in [-0.25, -0.2) is 0 Å². The summed E-state index contributed by atoms with van der Waals surface area (Å²) in [6.45, 7) is 12.1. The van der Waals surface area contributed by atoms with Gasteiger partial charge in [-0.15, -0.1) is 0 Å². The number of ether oxygens (including phenoxy) is 1. The van der Waals surface area contributed by atoms with Crippen LogP contribution >= 0.6 is 11.6 Å². The Morgan fingerprint density at radius 1 is 1.03 bits per heavy atom. The standard InChI is InChI=1S/C27H31ClO3/c1-16(2)11-25(30)31-24-15-27(5,6)14-23(29)26(24)22-13-17(3)21(12-18(22)4)19-7-9-20(28)10-8-19/h7-10,12-13,16H,11,14-15H2,1-6H3. The van der Waals surface area contributed by atoms with Gasteiger partial charge in [-0.2, -0.15) is 0 Å². The lowest BCUT2D eigenvalue weighted by Gasteiger charge is -2.32. The topological polar surface area (TPSA) is 43.4 Å². The summed E-state index contributed by atoms with van der Waals surface area (Å²) >= 11 is 6.04. The smallest absolute Gasteiger partial charge is 0.311 e. The van der Waals surface area contributed by atoms with Gasteiger partial charge in [-0.1, -0.05) is 63.6 Å². The molecule has 3 rings (SSSR count). The molecule has 0 fully saturated rings. The van der Waals surface area contributed by atoms with Crippen LogP contribution in [-0.2, 0) is 14.3 Å². The summed E-state index contributed by atoms with van der Waals surface area (Å²) < 4.78 is 5.80. The Hall–Kier alpha value is -2.39. The molecule has 2 aromatic rings. The zero-order valence-corrected chi connectivity index (χ0v) is 20.0. The van der Waals surface area contributed by atoms with Crippen molar-refractivity contribution in [3.8, 4) is 11.1 Å². The Kier molecular flexibility index (Phi) is 6.76. The number of benzene rings is 2. The van der Waals surface area contributed by atoms with E-state index in [0.717, 1.165) is 27.8 Å². The van der Waals surface area contributed by atoms with Crippen LogP contribution in [0.5, 0.6) is 0 Å². The summed E-state index contributed by atoms with van der Waals surface area (Å²) in [5, 5.41) is 0.697. The fourth-order valence-electron chi connectivity index (χ4n) is 4.19. The molecule has 0 aromatic heterocycles. The van der Waals surface area contributed by atoms with Gasteiger partial charge in [0.2, 0.25) is 0 Å². The van der Waals surface area contributed by atoms with E-state index in [-0.39, 0.29) is 23.1 Å². The Balaban J connectivity index is 2.09. The molecule has 0 N–H and O–H groups in total. The highest BCUT2D eigenvalue weighted by Gasteiger charge is 2.36. The van der Waals surface area contributed by atoms with Crippen molar-refractivity contribution in [1.82, 2.24) is 0 Å². The predicted octanol–water partition coefficient (Wildman–Crippen LogP) is 7.31. The maximum Gasteiger partial charge on any atom is 0.311 e. The minimum absolute atomic E-state index is 0.0327. The average Bonchev–Trinajstić information content (AvgIpc) is 2.63. The van der Waals surface area contributed by atoms with Gasteiger partial charge >= 0.3 is 5.97 Å². The zero-order valence-electron chi connectivity index (χ0n) is 19.3. The molecule has 0 saturated carbocycles. The number of aryl methyl sites for hydroxylation is 2. The van der Waals surface area contributed by atoms with Crippen molar-refractivity contribution in [3.05, 3.63) is 63.9 Å². The molecular weight excluding hydrogens is 408 g/mol. The Labute approximate surface area is 190 Å². The molecule has 164 valence electrons. The molecule has 1 aliphatic carbocycles. The number of esters is 1. The third kappa shape index (κ3) is 5.46. The lowest BCUT2D eigenvalue weighted by Crippen LogP contribution is -2.27. The average molecular weight is 439 g/mol. The molecule has 0 saturated heterocycles. The molecule has 3 nitrogen and oxygen atoms in total. The largest absolute Gasteiger partial charge is 0.430 e. The van der Waals surface area contributed by atoms with E-state index in [4.69, 9.17) is 16.3 Å². The fraction of sp³-hybridized carbons (Fsp3) is 0.407. The minimum Gasteiger partial charge on any atom is -0.430 e. The summed E-state index contributed by atoms with van der Waals surface area (Å²) in [6, 6.07) is 11.9. The first-order chi connectivity index (χ1) is 14.5. The molecule has 0 radical (unpaired) electrons. The number of hydrogen-bond donors (Lipinski definition) is 0. The van der Waals surface area contributed by atoms with Gasteiger partial charge in [0.25, 0.3) is 0 Å². The van der Waals surface area contributed by atoms with Crippen LogP contribution in [0.1, 0.15) is 63.6 Å². The number of ketones is 1. The lowest BCUT2D eigenvalue weighted by atomic mass is 9.74. The van der Waals surface area contributed by atoms with Crippen LogP contribution in [-0.4, -0.2) is 11.8 Å². The van der Waals surface area contributed by atoms with Gasteiger partial charge in [-0.3, -0.25) is 9.59 Å². The number of rotatable bonds is 5. The molecular formula is C27H31ClO3. The summed E-state index contributed by atoms with van der Waals surface area (Å²) in [5.41, 5.74) is 5.38. The van der Waals surface area contributed by atoms with E-state index in [0.29, 0.717) is 35.6 Å². The normalized spacial score (nSPS) is 16.1. The van der Waals surface area contributed by atoms with E-state index >= 15 is 0 Å². The molecule has 1 aliphatic rings. The maximum atomic E-state index is 13.2. The Bertz CT molecular complexity index is 1040. The van der Waals surface area contributed by atoms with Crippen molar-refractivity contribution >= 4 is 28.9 Å². The van der Waals surface area contributed by atoms with Crippen LogP contribution < -0.4 is 0 Å². The second-order valence-corrected chi connectivity index (χ2v) is 10.2. The van der Waals surface area contributed by atoms with Crippen LogP contribution in [0.3, 0.4) is 0 Å². The number of carbonyl (C=O) groups excluding carboxylic acids is 2. The van der Waals surface area contributed by atoms with E-state index in [1.807, 2.05) is 71.9 Å². The van der Waals surface area contributed by atoms with Crippen molar-refractivity contribution in [3.63, 3.8) is 0 Å². The van der Waals surface area contributed by atoms with Gasteiger partial charge in [0.05, 0.1) is 5.57 Å². The van der Waals surface area contributed by atoms with E-state index in [1.165, 1.54) is 0 Å². The molecule has 2 aromatic carbocycles. The molecule has 0 heterocycles. The van der Waals surface area contributed by atoms with Crippen LogP contribution in [0.4, 0.5) is 0 Å². The number of halogens is 1. The van der Waals surface area contributed by atoms with Crippen LogP contribution in [0.15, 0.2) is 42.2 Å². The van der Waals surface area contributed by atoms with E-state index < -0.39 is 0 Å². The van der Waals surface area contributed by atoms with Gasteiger partial charge in [0.15, 0.2) is 5.78 Å². The molecule has 0 unspecified atom stereocenters. The molecule has 31 heavy (non-hydrogen) atoms. The fourth-order valence-corrected chi connectivity index (χ4v) is 4.32. The number of carbonyl (C=O) groups is 2. The monoisotopic (exact) mass is 438 g/mol. The number of hydrogen-bond acceptors (Lipinski definition) is 3. The molecule has 0 spiro atoms. The van der Waals surface area contributed by atoms with Gasteiger partial charge in [-0.05, 0) is 65.1 Å². The highest BCUT2D eigenvalue weighted by molar-refractivity contribution is 6.30. The second kappa shape index (κ2) is 9.00. The van der Waals surface area contributed by atoms with E-state index in [1.54, 1.807) is 0 Å². The highest BCUT2D eigenvalue weighted by Crippen LogP contribution is 2.42. The van der Waals surface area contributed by atoms with Crippen molar-refractivity contribution in [1.29, 1.82) is 0 Å². The first-order valence-corrected chi connectivity index (χ1v) is 11.2. The van der Waals surface area contributed by atoms with E-state index in [2.05, 4.69) is 6.07 Å². The third-order valence-corrected chi connectivity index (χ3v) is 5.90. The lowest BCUT2D eigenvalue weighted by molar-refractivity contribution is -0.141. The number of Topliss-reactive ketones (excluding diaryl/α,β-unsaturated/α-hetero) is 1. The first kappa shape index (κ1) is 23.3. The van der Waals surface area contributed by atoms with Crippen molar-refractivity contribution < 1.29 is 14.3 Å². The van der Waals surface area contributed by atoms with Crippen LogP contribution in [0.25, 0.3) is 16.7 Å². The van der Waals surface area contributed by atoms with Crippen molar-refractivity contribution in [2.45, 2.75) is 60.8 Å². The van der Waals surface area contributed by atoms with Gasteiger partial charge in [0.1, 0.15) is 5.76 Å². The van der Waals surface area contributed by atoms with Gasteiger partial charge < -0.3 is 4.74 Å². The third-order valence-electron chi connectivity index (χ3n) is 5.64. The SMILES string of the molecule is Cc1cc(-c2ccc(Cl)cc2)c(C)cc1C1=C(OC(=O)CC(C)C)CC(C)(C)CC1=O. The first-order valence-electron chi connectivity index (χ1n) is 10.8. The number of allylic oxidation sites excluding steroid dienone is 2. The van der Waals surface area contributed by atoms with Crippen LogP contribution in [0, 0.1) is 25.2 Å². The maximum absolute atomic E-state index is 13.2. The molecule has 0 aliphatic heterocycles. The quantitative estimate of drug-likeness (QED) is 0.459. The molecule has 4 heteroatoms. The minimum atomic E-state index is -0.278. The summed E-state index contributed by atoms with van der Waals surface area (Å²) in [7, 11) is 0. The predicted molar refractivity (Wildman–Crippen MR) is 127 cm³/mol. The molecule has 0 atom stereocenters. The summed E-state index contributed by atoms with van der Waals surface area (Å²) in [5.74, 6) is 0.464. The zero-order chi connectivity index (χ0) is 22.9. The molecule has 0 bridgehead atoms. The van der Waals surface area contributed by atoms with Crippen molar-refractivity contribution in [2.24, 2.45) is 11.3 Å². The second-order valence-electron chi connectivity index (χ2n) is 9.80. The summed E-state index contributed by atoms with van der Waals surface area (Å²) in [4.78, 5) is 25.7. The van der Waals surface area contributed by atoms with E-state index in [9.17, 15) is 9.59 Å². The van der Waals surface area contributed by atoms with Gasteiger partial charge in [0, 0.05) is 24.3 Å². The molecule has 0 amide bonds. The summed E-state index contributed by atoms with van der Waals surface area (Å²) in [6.07, 6.45) is 1.33.